The molecule has 0 aromatic heterocycles. The number of unbranched alkanes of at least 4 members (excludes halogenated alkanes) is 1. The zero-order valence-electron chi connectivity index (χ0n) is 10.6. The van der Waals surface area contributed by atoms with Crippen LogP contribution in [0.15, 0.2) is 12.1 Å². The van der Waals surface area contributed by atoms with Crippen molar-refractivity contribution in [1.82, 2.24) is 0 Å². The predicted molar refractivity (Wildman–Crippen MR) is 63.7 cm³/mol. The molecule has 0 aliphatic rings. The average molecular weight is 275 g/mol. The Morgan fingerprint density at radius 2 is 1.84 bits per heavy atom. The first kappa shape index (κ1) is 15.5. The van der Waals surface area contributed by atoms with Crippen LogP contribution in [0.4, 0.5) is 13.2 Å². The maximum absolute atomic E-state index is 13.4. The second-order valence-electron chi connectivity index (χ2n) is 4.22. The minimum atomic E-state index is -1.24. The van der Waals surface area contributed by atoms with Crippen LogP contribution in [-0.4, -0.2) is 13.1 Å². The van der Waals surface area contributed by atoms with Gasteiger partial charge in [0.15, 0.2) is 11.6 Å². The molecule has 0 aliphatic heterocycles. The molecule has 0 aliphatic carbocycles. The van der Waals surface area contributed by atoms with Crippen LogP contribution in [0, 0.1) is 17.5 Å². The Hall–Kier alpha value is -1.56. The van der Waals surface area contributed by atoms with Gasteiger partial charge in [0.1, 0.15) is 5.82 Å². The Balaban J connectivity index is 2.52. The fourth-order valence-electron chi connectivity index (χ4n) is 1.71. The van der Waals surface area contributed by atoms with E-state index in [0.717, 1.165) is 6.07 Å². The van der Waals surface area contributed by atoms with Crippen molar-refractivity contribution in [1.29, 1.82) is 0 Å². The molecule has 2 N–H and O–H groups in total. The van der Waals surface area contributed by atoms with Crippen LogP contribution in [0.5, 0.6) is 0 Å². The van der Waals surface area contributed by atoms with Crippen LogP contribution in [-0.2, 0) is 9.53 Å². The summed E-state index contributed by atoms with van der Waals surface area (Å²) in [5.41, 5.74) is 5.66. The molecule has 19 heavy (non-hydrogen) atoms. The lowest BCUT2D eigenvalue weighted by Gasteiger charge is -2.13. The van der Waals surface area contributed by atoms with Gasteiger partial charge in [-0.3, -0.25) is 4.79 Å². The molecule has 0 bridgehead atoms. The molecule has 1 aromatic rings. The van der Waals surface area contributed by atoms with E-state index >= 15 is 0 Å². The molecule has 0 fully saturated rings. The summed E-state index contributed by atoms with van der Waals surface area (Å²) in [6, 6.07) is 0.530. The Bertz CT molecular complexity index is 452. The number of rotatable bonds is 6. The van der Waals surface area contributed by atoms with Crippen molar-refractivity contribution >= 4 is 5.97 Å². The number of hydrogen-bond donors (Lipinski definition) is 1. The first-order valence-corrected chi connectivity index (χ1v) is 5.92. The third-order valence-electron chi connectivity index (χ3n) is 2.81. The third-order valence-corrected chi connectivity index (χ3v) is 2.81. The summed E-state index contributed by atoms with van der Waals surface area (Å²) >= 11 is 0. The molecule has 0 amide bonds. The van der Waals surface area contributed by atoms with Gasteiger partial charge in [0.25, 0.3) is 0 Å². The van der Waals surface area contributed by atoms with Crippen LogP contribution >= 0.6 is 0 Å². The monoisotopic (exact) mass is 275 g/mol. The molecule has 0 saturated heterocycles. The number of benzene rings is 1. The lowest BCUT2D eigenvalue weighted by atomic mass is 10.0. The molecule has 0 spiro atoms. The van der Waals surface area contributed by atoms with Crippen LogP contribution in [0.25, 0.3) is 0 Å². The van der Waals surface area contributed by atoms with Gasteiger partial charge in [-0.1, -0.05) is 6.42 Å². The second kappa shape index (κ2) is 7.13. The predicted octanol–water partition coefficient (Wildman–Crippen LogP) is 2.84. The van der Waals surface area contributed by atoms with E-state index in [1.54, 1.807) is 0 Å². The van der Waals surface area contributed by atoms with Crippen LogP contribution in [0.3, 0.4) is 0 Å². The van der Waals surface area contributed by atoms with Crippen LogP contribution < -0.4 is 5.73 Å². The van der Waals surface area contributed by atoms with Crippen molar-refractivity contribution < 1.29 is 22.7 Å². The van der Waals surface area contributed by atoms with E-state index in [9.17, 15) is 18.0 Å². The van der Waals surface area contributed by atoms with Gasteiger partial charge >= 0.3 is 5.97 Å². The average Bonchev–Trinajstić information content (AvgIpc) is 2.38. The van der Waals surface area contributed by atoms with Gasteiger partial charge in [0, 0.05) is 24.1 Å². The molecule has 0 radical (unpaired) electrons. The Morgan fingerprint density at radius 1 is 1.21 bits per heavy atom. The summed E-state index contributed by atoms with van der Waals surface area (Å²) < 4.78 is 43.6. The maximum atomic E-state index is 13.4. The number of carbonyl (C=O) groups excluding carboxylic acids is 1. The van der Waals surface area contributed by atoms with E-state index in [1.807, 2.05) is 0 Å². The summed E-state index contributed by atoms with van der Waals surface area (Å²) in [4.78, 5) is 10.9. The fourth-order valence-corrected chi connectivity index (χ4v) is 1.71. The number of esters is 1. The molecule has 6 heteroatoms. The van der Waals surface area contributed by atoms with E-state index in [4.69, 9.17) is 5.73 Å². The van der Waals surface area contributed by atoms with Gasteiger partial charge in [0.2, 0.25) is 0 Å². The van der Waals surface area contributed by atoms with Crippen LogP contribution in [0.2, 0.25) is 0 Å². The molecule has 3 nitrogen and oxygen atoms in total. The summed E-state index contributed by atoms with van der Waals surface area (Å²) in [6.45, 7) is 0. The van der Waals surface area contributed by atoms with Crippen LogP contribution in [0.1, 0.15) is 37.3 Å². The maximum Gasteiger partial charge on any atom is 0.305 e. The number of halogens is 3. The van der Waals surface area contributed by atoms with E-state index in [1.165, 1.54) is 7.11 Å². The summed E-state index contributed by atoms with van der Waals surface area (Å²) in [7, 11) is 1.30. The van der Waals surface area contributed by atoms with Crippen molar-refractivity contribution in [2.24, 2.45) is 5.73 Å². The molecule has 1 rings (SSSR count). The number of methoxy groups -OCH3 is 1. The van der Waals surface area contributed by atoms with Crippen molar-refractivity contribution in [3.8, 4) is 0 Å². The van der Waals surface area contributed by atoms with Gasteiger partial charge in [-0.2, -0.15) is 0 Å². The van der Waals surface area contributed by atoms with Crippen molar-refractivity contribution in [3.05, 3.63) is 35.1 Å². The molecule has 1 unspecified atom stereocenters. The van der Waals surface area contributed by atoms with Crippen molar-refractivity contribution in [2.75, 3.05) is 7.11 Å². The number of ether oxygens (including phenoxy) is 1. The Labute approximate surface area is 109 Å². The second-order valence-corrected chi connectivity index (χ2v) is 4.22. The highest BCUT2D eigenvalue weighted by molar-refractivity contribution is 5.68. The van der Waals surface area contributed by atoms with E-state index < -0.39 is 23.5 Å². The van der Waals surface area contributed by atoms with E-state index in [2.05, 4.69) is 4.74 Å². The molecular weight excluding hydrogens is 259 g/mol. The largest absolute Gasteiger partial charge is 0.469 e. The van der Waals surface area contributed by atoms with E-state index in [-0.39, 0.29) is 18.0 Å². The molecule has 106 valence electrons. The smallest absolute Gasteiger partial charge is 0.305 e. The highest BCUT2D eigenvalue weighted by Gasteiger charge is 2.15. The summed E-state index contributed by atoms with van der Waals surface area (Å²) in [5.74, 6) is -3.55. The van der Waals surface area contributed by atoms with E-state index in [0.29, 0.717) is 25.3 Å². The quantitative estimate of drug-likeness (QED) is 0.493. The fraction of sp³-hybridized carbons (Fsp3) is 0.462. The Kier molecular flexibility index (Phi) is 5.82. The van der Waals surface area contributed by atoms with Crippen molar-refractivity contribution in [2.45, 2.75) is 31.7 Å². The van der Waals surface area contributed by atoms with Gasteiger partial charge in [-0.05, 0) is 18.9 Å². The molecule has 0 heterocycles. The normalized spacial score (nSPS) is 12.3. The van der Waals surface area contributed by atoms with Gasteiger partial charge in [-0.25, -0.2) is 13.2 Å². The highest BCUT2D eigenvalue weighted by atomic mass is 19.2. The molecule has 0 saturated carbocycles. The first-order chi connectivity index (χ1) is 8.95. The molecule has 1 atom stereocenters. The van der Waals surface area contributed by atoms with Gasteiger partial charge in [0.05, 0.1) is 7.11 Å². The summed E-state index contributed by atoms with van der Waals surface area (Å²) in [6.07, 6.45) is 1.74. The zero-order chi connectivity index (χ0) is 14.4. The number of carbonyl (C=O) groups is 1. The number of nitrogens with two attached hydrogens (primary N) is 1. The minimum absolute atomic E-state index is 0.0584. The lowest BCUT2D eigenvalue weighted by molar-refractivity contribution is -0.140. The summed E-state index contributed by atoms with van der Waals surface area (Å²) in [5, 5.41) is 0. The molecule has 1 aromatic carbocycles. The standard InChI is InChI=1S/C13H16F3NO2/c1-19-13(18)5-3-2-4-12(17)8-6-10(15)11(16)7-9(8)14/h6-7,12H,2-5,17H2,1H3. The minimum Gasteiger partial charge on any atom is -0.469 e. The lowest BCUT2D eigenvalue weighted by Crippen LogP contribution is -2.13. The highest BCUT2D eigenvalue weighted by Crippen LogP contribution is 2.22. The zero-order valence-corrected chi connectivity index (χ0v) is 10.6. The van der Waals surface area contributed by atoms with Gasteiger partial charge < -0.3 is 10.5 Å². The SMILES string of the molecule is COC(=O)CCCCC(N)c1cc(F)c(F)cc1F. The van der Waals surface area contributed by atoms with Crippen molar-refractivity contribution in [3.63, 3.8) is 0 Å². The number of hydrogen-bond acceptors (Lipinski definition) is 3. The Morgan fingerprint density at radius 3 is 2.47 bits per heavy atom. The topological polar surface area (TPSA) is 52.3 Å². The third kappa shape index (κ3) is 4.55. The molecular formula is C13H16F3NO2. The van der Waals surface area contributed by atoms with Gasteiger partial charge in [-0.15, -0.1) is 0 Å². The first-order valence-electron chi connectivity index (χ1n) is 5.92.